The lowest BCUT2D eigenvalue weighted by Crippen LogP contribution is -2.15. The van der Waals surface area contributed by atoms with Crippen molar-refractivity contribution in [3.05, 3.63) is 17.3 Å². The van der Waals surface area contributed by atoms with Crippen molar-refractivity contribution in [2.45, 2.75) is 11.5 Å². The molecule has 0 bridgehead atoms. The summed E-state index contributed by atoms with van der Waals surface area (Å²) in [5, 5.41) is 21.5. The van der Waals surface area contributed by atoms with Crippen molar-refractivity contribution in [2.24, 2.45) is 5.14 Å². The highest BCUT2D eigenvalue weighted by molar-refractivity contribution is 7.89. The Balaban J connectivity index is 3.61. The van der Waals surface area contributed by atoms with Gasteiger partial charge in [-0.25, -0.2) is 27.3 Å². The second-order valence-electron chi connectivity index (χ2n) is 2.70. The van der Waals surface area contributed by atoms with E-state index in [1.807, 2.05) is 0 Å². The number of primary sulfonamides is 1. The molecule has 0 aliphatic carbocycles. The molecule has 86 valence electrons. The molecular weight excluding hydrogens is 244 g/mol. The van der Waals surface area contributed by atoms with E-state index in [2.05, 4.69) is 10.1 Å². The average Bonchev–Trinajstić information content (AvgIpc) is 2.14. The molecule has 16 heavy (non-hydrogen) atoms. The SMILES string of the molecule is N#Cc1c(C(F)F)cnc(S(N)(=O)=O)c1O. The summed E-state index contributed by atoms with van der Waals surface area (Å²) in [4.78, 5) is 3.09. The number of hydrogen-bond acceptors (Lipinski definition) is 5. The van der Waals surface area contributed by atoms with Gasteiger partial charge in [0.1, 0.15) is 11.6 Å². The van der Waals surface area contributed by atoms with E-state index in [9.17, 15) is 22.3 Å². The molecule has 0 aliphatic heterocycles. The van der Waals surface area contributed by atoms with Gasteiger partial charge in [0.15, 0.2) is 5.75 Å². The second-order valence-corrected chi connectivity index (χ2v) is 4.18. The first-order chi connectivity index (χ1) is 7.29. The quantitative estimate of drug-likeness (QED) is 0.778. The Labute approximate surface area is 89.0 Å². The van der Waals surface area contributed by atoms with Gasteiger partial charge in [0.05, 0.1) is 5.56 Å². The molecular formula is C7H5F2N3O3S. The van der Waals surface area contributed by atoms with Crippen molar-refractivity contribution in [3.8, 4) is 11.8 Å². The lowest BCUT2D eigenvalue weighted by molar-refractivity contribution is 0.150. The van der Waals surface area contributed by atoms with Crippen molar-refractivity contribution in [1.29, 1.82) is 5.26 Å². The number of nitrogens with zero attached hydrogens (tertiary/aromatic N) is 2. The highest BCUT2D eigenvalue weighted by Gasteiger charge is 2.24. The van der Waals surface area contributed by atoms with Gasteiger partial charge >= 0.3 is 0 Å². The Morgan fingerprint density at radius 1 is 1.56 bits per heavy atom. The molecule has 1 aromatic heterocycles. The zero-order chi connectivity index (χ0) is 12.5. The van der Waals surface area contributed by atoms with Gasteiger partial charge in [0.25, 0.3) is 16.4 Å². The molecule has 0 aromatic carbocycles. The maximum absolute atomic E-state index is 12.3. The predicted octanol–water partition coefficient (Wildman–Crippen LogP) is 0.244. The van der Waals surface area contributed by atoms with E-state index in [1.54, 1.807) is 0 Å². The molecule has 0 spiro atoms. The van der Waals surface area contributed by atoms with Crippen LogP contribution in [0.4, 0.5) is 8.78 Å². The van der Waals surface area contributed by atoms with Crippen LogP contribution in [0.5, 0.6) is 5.75 Å². The number of rotatable bonds is 2. The number of nitriles is 1. The van der Waals surface area contributed by atoms with Gasteiger partial charge in [-0.1, -0.05) is 0 Å². The number of nitrogens with two attached hydrogens (primary N) is 1. The summed E-state index contributed by atoms with van der Waals surface area (Å²) >= 11 is 0. The first-order valence-electron chi connectivity index (χ1n) is 3.72. The summed E-state index contributed by atoms with van der Waals surface area (Å²) in [6.07, 6.45) is -2.56. The number of aromatic nitrogens is 1. The van der Waals surface area contributed by atoms with Gasteiger partial charge in [0, 0.05) is 6.20 Å². The van der Waals surface area contributed by atoms with Crippen LogP contribution in [0, 0.1) is 11.3 Å². The van der Waals surface area contributed by atoms with E-state index in [1.165, 1.54) is 6.07 Å². The second kappa shape index (κ2) is 3.99. The largest absolute Gasteiger partial charge is 0.504 e. The van der Waals surface area contributed by atoms with Crippen LogP contribution in [-0.4, -0.2) is 18.5 Å². The predicted molar refractivity (Wildman–Crippen MR) is 46.9 cm³/mol. The third-order valence-corrected chi connectivity index (χ3v) is 2.50. The maximum atomic E-state index is 12.3. The molecule has 0 radical (unpaired) electrons. The Morgan fingerprint density at radius 3 is 2.50 bits per heavy atom. The van der Waals surface area contributed by atoms with E-state index >= 15 is 0 Å². The van der Waals surface area contributed by atoms with Crippen molar-refractivity contribution in [3.63, 3.8) is 0 Å². The molecule has 9 heteroatoms. The lowest BCUT2D eigenvalue weighted by atomic mass is 10.1. The van der Waals surface area contributed by atoms with Gasteiger partial charge in [-0.05, 0) is 0 Å². The number of halogens is 2. The first kappa shape index (κ1) is 12.3. The highest BCUT2D eigenvalue weighted by atomic mass is 32.2. The monoisotopic (exact) mass is 249 g/mol. The van der Waals surface area contributed by atoms with E-state index in [0.717, 1.165) is 0 Å². The van der Waals surface area contributed by atoms with Crippen LogP contribution in [0.2, 0.25) is 0 Å². The summed E-state index contributed by atoms with van der Waals surface area (Å²) in [7, 11) is -4.37. The molecule has 0 saturated carbocycles. The van der Waals surface area contributed by atoms with Crippen molar-refractivity contribution < 1.29 is 22.3 Å². The van der Waals surface area contributed by atoms with Crippen LogP contribution < -0.4 is 5.14 Å². The summed E-state index contributed by atoms with van der Waals surface area (Å²) in [6.45, 7) is 0. The number of pyridine rings is 1. The topological polar surface area (TPSA) is 117 Å². The van der Waals surface area contributed by atoms with Gasteiger partial charge in [-0.15, -0.1) is 0 Å². The molecule has 0 fully saturated rings. The van der Waals surface area contributed by atoms with Crippen molar-refractivity contribution in [2.75, 3.05) is 0 Å². The van der Waals surface area contributed by atoms with Crippen molar-refractivity contribution in [1.82, 2.24) is 4.98 Å². The van der Waals surface area contributed by atoms with Crippen LogP contribution in [0.15, 0.2) is 11.2 Å². The third kappa shape index (κ3) is 2.07. The Bertz CT molecular complexity index is 565. The van der Waals surface area contributed by atoms with Crippen LogP contribution in [0.3, 0.4) is 0 Å². The van der Waals surface area contributed by atoms with Crippen molar-refractivity contribution >= 4 is 10.0 Å². The van der Waals surface area contributed by atoms with Gasteiger partial charge in [-0.2, -0.15) is 5.26 Å². The van der Waals surface area contributed by atoms with Gasteiger partial charge in [0.2, 0.25) is 5.03 Å². The molecule has 3 N–H and O–H groups in total. The smallest absolute Gasteiger partial charge is 0.266 e. The molecule has 1 rings (SSSR count). The Kier molecular flexibility index (Phi) is 3.06. The van der Waals surface area contributed by atoms with E-state index < -0.39 is 38.4 Å². The maximum Gasteiger partial charge on any atom is 0.266 e. The molecule has 0 saturated heterocycles. The lowest BCUT2D eigenvalue weighted by Gasteiger charge is -2.06. The molecule has 0 unspecified atom stereocenters. The molecule has 6 nitrogen and oxygen atoms in total. The zero-order valence-corrected chi connectivity index (χ0v) is 8.37. The van der Waals surface area contributed by atoms with Crippen LogP contribution >= 0.6 is 0 Å². The molecule has 0 aliphatic rings. The van der Waals surface area contributed by atoms with E-state index in [0.29, 0.717) is 6.20 Å². The summed E-state index contributed by atoms with van der Waals surface area (Å²) < 4.78 is 46.4. The van der Waals surface area contributed by atoms with E-state index in [4.69, 9.17) is 5.26 Å². The summed E-state index contributed by atoms with van der Waals surface area (Å²) in [5.41, 5.74) is -1.71. The van der Waals surface area contributed by atoms with Gasteiger partial charge < -0.3 is 5.11 Å². The number of aromatic hydroxyl groups is 1. The molecule has 1 aromatic rings. The summed E-state index contributed by atoms with van der Waals surface area (Å²) in [6, 6.07) is 1.27. The Hall–Kier alpha value is -1.79. The normalized spacial score (nSPS) is 11.4. The highest BCUT2D eigenvalue weighted by Crippen LogP contribution is 2.31. The van der Waals surface area contributed by atoms with Crippen LogP contribution in [0.1, 0.15) is 17.6 Å². The Morgan fingerprint density at radius 2 is 2.12 bits per heavy atom. The zero-order valence-electron chi connectivity index (χ0n) is 7.55. The minimum atomic E-state index is -4.37. The fourth-order valence-electron chi connectivity index (χ4n) is 0.989. The number of alkyl halides is 2. The van der Waals surface area contributed by atoms with E-state index in [-0.39, 0.29) is 0 Å². The number of hydrogen-bond donors (Lipinski definition) is 2. The molecule has 0 amide bonds. The fraction of sp³-hybridized carbons (Fsp3) is 0.143. The standard InChI is InChI=1S/C7H5F2N3O3S/c8-6(9)4-2-12-7(16(11,14)15)5(13)3(4)1-10/h2,6,13H,(H2,11,14,15). The fourth-order valence-corrected chi connectivity index (χ4v) is 1.56. The average molecular weight is 249 g/mol. The summed E-state index contributed by atoms with van der Waals surface area (Å²) in [5.74, 6) is -1.16. The minimum Gasteiger partial charge on any atom is -0.504 e. The third-order valence-electron chi connectivity index (χ3n) is 1.67. The number of sulfonamides is 1. The molecule has 1 heterocycles. The minimum absolute atomic E-state index is 0.489. The molecule has 0 atom stereocenters. The van der Waals surface area contributed by atoms with Crippen LogP contribution in [-0.2, 0) is 10.0 Å². The van der Waals surface area contributed by atoms with Crippen LogP contribution in [0.25, 0.3) is 0 Å². The van der Waals surface area contributed by atoms with Gasteiger partial charge in [-0.3, -0.25) is 0 Å². The first-order valence-corrected chi connectivity index (χ1v) is 5.26.